The summed E-state index contributed by atoms with van der Waals surface area (Å²) < 4.78 is 0. The Morgan fingerprint density at radius 3 is 2.10 bits per heavy atom. The predicted molar refractivity (Wildman–Crippen MR) is 121 cm³/mol. The van der Waals surface area contributed by atoms with Crippen molar-refractivity contribution in [2.75, 3.05) is 35.2 Å². The first-order valence-corrected chi connectivity index (χ1v) is 11.3. The van der Waals surface area contributed by atoms with Crippen molar-refractivity contribution in [3.63, 3.8) is 0 Å². The monoisotopic (exact) mass is 411 g/mol. The lowest BCUT2D eigenvalue weighted by atomic mass is 10.0. The van der Waals surface area contributed by atoms with Crippen molar-refractivity contribution in [3.05, 3.63) is 60.2 Å². The van der Waals surface area contributed by atoms with Gasteiger partial charge in [-0.15, -0.1) is 0 Å². The first kappa shape index (κ1) is 21.4. The first-order valence-electron chi connectivity index (χ1n) is 10.1. The highest BCUT2D eigenvalue weighted by atomic mass is 32.2. The highest BCUT2D eigenvalue weighted by Gasteiger charge is 2.28. The predicted octanol–water partition coefficient (Wildman–Crippen LogP) is 4.40. The second kappa shape index (κ2) is 10.5. The average Bonchev–Trinajstić information content (AvgIpc) is 2.71. The van der Waals surface area contributed by atoms with Crippen molar-refractivity contribution in [3.8, 4) is 0 Å². The lowest BCUT2D eigenvalue weighted by molar-refractivity contribution is -0.121. The molecule has 0 radical (unpaired) electrons. The Labute approximate surface area is 177 Å². The number of carbonyl (C=O) groups is 2. The highest BCUT2D eigenvalue weighted by Crippen LogP contribution is 2.26. The molecule has 6 heteroatoms. The van der Waals surface area contributed by atoms with Crippen molar-refractivity contribution in [1.29, 1.82) is 0 Å². The minimum Gasteiger partial charge on any atom is -0.326 e. The Morgan fingerprint density at radius 2 is 1.52 bits per heavy atom. The molecule has 2 amide bonds. The van der Waals surface area contributed by atoms with Crippen LogP contribution >= 0.6 is 11.8 Å². The summed E-state index contributed by atoms with van der Waals surface area (Å²) in [4.78, 5) is 27.3. The zero-order chi connectivity index (χ0) is 20.6. The maximum absolute atomic E-state index is 13.2. The Bertz CT molecular complexity index is 803. The summed E-state index contributed by atoms with van der Waals surface area (Å²) in [5.41, 5.74) is 2.47. The van der Waals surface area contributed by atoms with Gasteiger partial charge in [0.25, 0.3) is 0 Å². The number of nitrogens with one attached hydrogen (secondary N) is 2. The van der Waals surface area contributed by atoms with E-state index in [4.69, 9.17) is 0 Å². The normalized spacial score (nSPS) is 15.7. The fourth-order valence-electron chi connectivity index (χ4n) is 3.43. The second-order valence-electron chi connectivity index (χ2n) is 7.67. The van der Waals surface area contributed by atoms with Gasteiger partial charge in [-0.25, -0.2) is 0 Å². The van der Waals surface area contributed by atoms with Crippen LogP contribution in [0.2, 0.25) is 0 Å². The van der Waals surface area contributed by atoms with Crippen LogP contribution in [-0.4, -0.2) is 41.3 Å². The average molecular weight is 412 g/mol. The molecule has 1 saturated heterocycles. The van der Waals surface area contributed by atoms with Crippen molar-refractivity contribution in [2.45, 2.75) is 26.3 Å². The van der Waals surface area contributed by atoms with Gasteiger partial charge in [0.1, 0.15) is 6.04 Å². The largest absolute Gasteiger partial charge is 0.326 e. The smallest absolute Gasteiger partial charge is 0.246 e. The quantitative estimate of drug-likeness (QED) is 0.709. The van der Waals surface area contributed by atoms with Crippen molar-refractivity contribution in [2.24, 2.45) is 5.92 Å². The van der Waals surface area contributed by atoms with Gasteiger partial charge in [0, 0.05) is 42.4 Å². The molecule has 2 aromatic carbocycles. The lowest BCUT2D eigenvalue weighted by Gasteiger charge is -2.33. The van der Waals surface area contributed by atoms with E-state index in [1.165, 1.54) is 0 Å². The standard InChI is InChI=1S/C23H29N3O2S/c1-17(2)16-21(27)24-19-8-10-20(11-9-19)25-23(28)22(18-6-4-3-5-7-18)26-12-14-29-15-13-26/h3-11,17,22H,12-16H2,1-2H3,(H,24,27)(H,25,28)/t22-/m1/s1. The van der Waals surface area contributed by atoms with E-state index in [0.717, 1.165) is 41.5 Å². The van der Waals surface area contributed by atoms with Crippen LogP contribution < -0.4 is 10.6 Å². The van der Waals surface area contributed by atoms with E-state index in [1.54, 1.807) is 0 Å². The van der Waals surface area contributed by atoms with Crippen LogP contribution in [0.4, 0.5) is 11.4 Å². The van der Waals surface area contributed by atoms with Gasteiger partial charge in [-0.1, -0.05) is 44.2 Å². The van der Waals surface area contributed by atoms with Crippen LogP contribution in [0.3, 0.4) is 0 Å². The molecular formula is C23H29N3O2S. The number of carbonyl (C=O) groups excluding carboxylic acids is 2. The zero-order valence-electron chi connectivity index (χ0n) is 17.1. The maximum atomic E-state index is 13.2. The lowest BCUT2D eigenvalue weighted by Crippen LogP contribution is -2.41. The minimum absolute atomic E-state index is 0.00361. The van der Waals surface area contributed by atoms with Crippen molar-refractivity contribution < 1.29 is 9.59 Å². The van der Waals surface area contributed by atoms with Gasteiger partial charge < -0.3 is 10.6 Å². The summed E-state index contributed by atoms with van der Waals surface area (Å²) >= 11 is 1.93. The third-order valence-corrected chi connectivity index (χ3v) is 5.75. The van der Waals surface area contributed by atoms with E-state index in [2.05, 4.69) is 15.5 Å². The van der Waals surface area contributed by atoms with Crippen LogP contribution in [0.5, 0.6) is 0 Å². The Hall–Kier alpha value is -2.31. The molecule has 3 rings (SSSR count). The molecule has 1 atom stereocenters. The first-order chi connectivity index (χ1) is 14.0. The van der Waals surface area contributed by atoms with Gasteiger partial charge in [-0.2, -0.15) is 11.8 Å². The molecule has 1 fully saturated rings. The molecule has 1 heterocycles. The molecule has 29 heavy (non-hydrogen) atoms. The fourth-order valence-corrected chi connectivity index (χ4v) is 4.36. The summed E-state index contributed by atoms with van der Waals surface area (Å²) in [5, 5.41) is 5.94. The van der Waals surface area contributed by atoms with Crippen LogP contribution in [0.25, 0.3) is 0 Å². The molecule has 0 saturated carbocycles. The molecule has 0 aliphatic carbocycles. The number of hydrogen-bond donors (Lipinski definition) is 2. The molecule has 1 aliphatic heterocycles. The van der Waals surface area contributed by atoms with E-state index in [9.17, 15) is 9.59 Å². The molecule has 2 N–H and O–H groups in total. The second-order valence-corrected chi connectivity index (χ2v) is 8.90. The van der Waals surface area contributed by atoms with Gasteiger partial charge in [0.15, 0.2) is 0 Å². The van der Waals surface area contributed by atoms with Crippen LogP contribution in [0.15, 0.2) is 54.6 Å². The topological polar surface area (TPSA) is 61.4 Å². The summed E-state index contributed by atoms with van der Waals surface area (Å²) in [7, 11) is 0. The summed E-state index contributed by atoms with van der Waals surface area (Å²) in [6.45, 7) is 5.84. The number of amides is 2. The molecule has 0 spiro atoms. The third-order valence-electron chi connectivity index (χ3n) is 4.80. The fraction of sp³-hybridized carbons (Fsp3) is 0.391. The Kier molecular flexibility index (Phi) is 7.72. The highest BCUT2D eigenvalue weighted by molar-refractivity contribution is 7.99. The van der Waals surface area contributed by atoms with Crippen molar-refractivity contribution >= 4 is 35.0 Å². The Balaban J connectivity index is 1.68. The molecular weight excluding hydrogens is 382 g/mol. The minimum atomic E-state index is -0.303. The molecule has 2 aromatic rings. The van der Waals surface area contributed by atoms with E-state index in [0.29, 0.717) is 12.3 Å². The zero-order valence-corrected chi connectivity index (χ0v) is 17.9. The molecule has 0 bridgehead atoms. The van der Waals surface area contributed by atoms with E-state index in [-0.39, 0.29) is 17.9 Å². The molecule has 154 valence electrons. The number of thioether (sulfide) groups is 1. The van der Waals surface area contributed by atoms with Gasteiger partial charge in [0.2, 0.25) is 11.8 Å². The molecule has 1 aliphatic rings. The van der Waals surface area contributed by atoms with E-state index in [1.807, 2.05) is 80.2 Å². The number of anilines is 2. The summed E-state index contributed by atoms with van der Waals surface area (Å²) in [6, 6.07) is 16.9. The van der Waals surface area contributed by atoms with Gasteiger partial charge in [0.05, 0.1) is 0 Å². The number of benzene rings is 2. The third kappa shape index (κ3) is 6.34. The van der Waals surface area contributed by atoms with Crippen LogP contribution in [0, 0.1) is 5.92 Å². The number of rotatable bonds is 7. The maximum Gasteiger partial charge on any atom is 0.246 e. The number of nitrogens with zero attached hydrogens (tertiary/aromatic N) is 1. The van der Waals surface area contributed by atoms with E-state index < -0.39 is 0 Å². The van der Waals surface area contributed by atoms with Crippen LogP contribution in [-0.2, 0) is 9.59 Å². The van der Waals surface area contributed by atoms with Crippen LogP contribution in [0.1, 0.15) is 31.9 Å². The molecule has 0 unspecified atom stereocenters. The summed E-state index contributed by atoms with van der Waals surface area (Å²) in [5.74, 6) is 2.38. The number of hydrogen-bond acceptors (Lipinski definition) is 4. The molecule has 0 aromatic heterocycles. The SMILES string of the molecule is CC(C)CC(=O)Nc1ccc(NC(=O)[C@@H](c2ccccc2)N2CCSCC2)cc1. The van der Waals surface area contributed by atoms with E-state index >= 15 is 0 Å². The van der Waals surface area contributed by atoms with Gasteiger partial charge in [-0.05, 0) is 35.7 Å². The Morgan fingerprint density at radius 1 is 0.931 bits per heavy atom. The van der Waals surface area contributed by atoms with Gasteiger partial charge in [-0.3, -0.25) is 14.5 Å². The molecule has 5 nitrogen and oxygen atoms in total. The summed E-state index contributed by atoms with van der Waals surface area (Å²) in [6.07, 6.45) is 0.491. The van der Waals surface area contributed by atoms with Gasteiger partial charge >= 0.3 is 0 Å². The van der Waals surface area contributed by atoms with Crippen molar-refractivity contribution in [1.82, 2.24) is 4.90 Å².